The third-order valence-corrected chi connectivity index (χ3v) is 7.07. The van der Waals surface area contributed by atoms with Crippen molar-refractivity contribution in [2.45, 2.75) is 43.9 Å². The number of hydrogen-bond donors (Lipinski definition) is 1. The minimum Gasteiger partial charge on any atom is -0.465 e. The molecule has 0 bridgehead atoms. The summed E-state index contributed by atoms with van der Waals surface area (Å²) in [5.41, 5.74) is 0.383. The fourth-order valence-electron chi connectivity index (χ4n) is 2.52. The molecule has 5 nitrogen and oxygen atoms in total. The normalized spacial score (nSPS) is 21.3. The Morgan fingerprint density at radius 3 is 2.70 bits per heavy atom. The van der Waals surface area contributed by atoms with E-state index in [1.54, 1.807) is 13.8 Å². The Hall–Kier alpha value is -0.500. The molecule has 1 aliphatic rings. The van der Waals surface area contributed by atoms with E-state index in [4.69, 9.17) is 4.42 Å². The minimum atomic E-state index is -3.59. The van der Waals surface area contributed by atoms with Crippen molar-refractivity contribution in [3.8, 4) is 0 Å². The molecule has 1 unspecified atom stereocenters. The molecule has 0 aliphatic carbocycles. The minimum absolute atomic E-state index is 0.152. The SMILES string of the molecule is CCC1CN(S(=O)(=O)c2c(C)oc(C)c2CO)CCS1. The Morgan fingerprint density at radius 1 is 1.40 bits per heavy atom. The zero-order valence-corrected chi connectivity index (χ0v) is 13.7. The van der Waals surface area contributed by atoms with Crippen molar-refractivity contribution in [2.24, 2.45) is 0 Å². The van der Waals surface area contributed by atoms with E-state index >= 15 is 0 Å². The van der Waals surface area contributed by atoms with E-state index in [0.717, 1.165) is 12.2 Å². The molecule has 1 saturated heterocycles. The predicted octanol–water partition coefficient (Wildman–Crippen LogP) is 1.90. The molecule has 0 spiro atoms. The Kier molecular flexibility index (Phi) is 4.84. The van der Waals surface area contributed by atoms with E-state index < -0.39 is 10.0 Å². The summed E-state index contributed by atoms with van der Waals surface area (Å²) < 4.78 is 32.5. The maximum atomic E-state index is 12.8. The lowest BCUT2D eigenvalue weighted by molar-refractivity contribution is 0.276. The standard InChI is InChI=1S/C13H21NO4S2/c1-4-11-7-14(5-6-19-11)20(16,17)13-10(3)18-9(2)12(13)8-15/h11,15H,4-8H2,1-3H3. The van der Waals surface area contributed by atoms with Crippen molar-refractivity contribution in [1.29, 1.82) is 0 Å². The van der Waals surface area contributed by atoms with Gasteiger partial charge in [-0.25, -0.2) is 8.42 Å². The summed E-state index contributed by atoms with van der Waals surface area (Å²) in [6.07, 6.45) is 0.951. The lowest BCUT2D eigenvalue weighted by Gasteiger charge is -2.31. The van der Waals surface area contributed by atoms with Crippen LogP contribution in [0.15, 0.2) is 9.31 Å². The molecule has 0 radical (unpaired) electrons. The second-order valence-electron chi connectivity index (χ2n) is 4.94. The van der Waals surface area contributed by atoms with E-state index in [1.165, 1.54) is 4.31 Å². The van der Waals surface area contributed by atoms with Crippen LogP contribution in [0.25, 0.3) is 0 Å². The summed E-state index contributed by atoms with van der Waals surface area (Å²) in [5.74, 6) is 1.64. The molecule has 2 rings (SSSR count). The highest BCUT2D eigenvalue weighted by Gasteiger charge is 2.35. The molecule has 114 valence electrons. The largest absolute Gasteiger partial charge is 0.465 e. The molecule has 7 heteroatoms. The number of sulfonamides is 1. The number of aliphatic hydroxyl groups excluding tert-OH is 1. The molecule has 1 aliphatic heterocycles. The van der Waals surface area contributed by atoms with Gasteiger partial charge in [0.25, 0.3) is 0 Å². The van der Waals surface area contributed by atoms with Gasteiger partial charge in [0.15, 0.2) is 0 Å². The van der Waals surface area contributed by atoms with Gasteiger partial charge in [0.1, 0.15) is 16.4 Å². The van der Waals surface area contributed by atoms with Crippen molar-refractivity contribution < 1.29 is 17.9 Å². The van der Waals surface area contributed by atoms with Crippen molar-refractivity contribution in [2.75, 3.05) is 18.8 Å². The maximum absolute atomic E-state index is 12.8. The van der Waals surface area contributed by atoms with Gasteiger partial charge in [-0.2, -0.15) is 16.1 Å². The highest BCUT2D eigenvalue weighted by atomic mass is 32.2. The first-order valence-electron chi connectivity index (χ1n) is 6.73. The van der Waals surface area contributed by atoms with Crippen molar-refractivity contribution in [1.82, 2.24) is 4.31 Å². The van der Waals surface area contributed by atoms with Crippen LogP contribution in [0.5, 0.6) is 0 Å². The maximum Gasteiger partial charge on any atom is 0.246 e. The fourth-order valence-corrected chi connectivity index (χ4v) is 5.80. The molecule has 1 aromatic rings. The van der Waals surface area contributed by atoms with E-state index in [1.807, 2.05) is 11.8 Å². The third kappa shape index (κ3) is 2.77. The van der Waals surface area contributed by atoms with Gasteiger partial charge in [0.2, 0.25) is 10.0 Å². The summed E-state index contributed by atoms with van der Waals surface area (Å²) in [4.78, 5) is 0.152. The van der Waals surface area contributed by atoms with Gasteiger partial charge < -0.3 is 9.52 Å². The zero-order valence-electron chi connectivity index (χ0n) is 12.0. The Labute approximate surface area is 124 Å². The van der Waals surface area contributed by atoms with Crippen LogP contribution < -0.4 is 0 Å². The van der Waals surface area contributed by atoms with Crippen LogP contribution in [0, 0.1) is 13.8 Å². The summed E-state index contributed by atoms with van der Waals surface area (Å²) in [5, 5.41) is 9.76. The topological polar surface area (TPSA) is 70.8 Å². The van der Waals surface area contributed by atoms with E-state index in [9.17, 15) is 13.5 Å². The third-order valence-electron chi connectivity index (χ3n) is 3.64. The lowest BCUT2D eigenvalue weighted by atomic mass is 10.2. The molecule has 1 atom stereocenters. The summed E-state index contributed by atoms with van der Waals surface area (Å²) >= 11 is 1.82. The second kappa shape index (κ2) is 6.09. The molecule has 1 aromatic heterocycles. The molecule has 0 saturated carbocycles. The van der Waals surface area contributed by atoms with Gasteiger partial charge in [-0.05, 0) is 20.3 Å². The second-order valence-corrected chi connectivity index (χ2v) is 8.23. The van der Waals surface area contributed by atoms with Crippen LogP contribution >= 0.6 is 11.8 Å². The van der Waals surface area contributed by atoms with Gasteiger partial charge in [0, 0.05) is 29.7 Å². The van der Waals surface area contributed by atoms with Crippen LogP contribution in [0.3, 0.4) is 0 Å². The van der Waals surface area contributed by atoms with Crippen LogP contribution in [-0.4, -0.2) is 41.9 Å². The first kappa shape index (κ1) is 15.9. The average molecular weight is 319 g/mol. The van der Waals surface area contributed by atoms with Gasteiger partial charge in [-0.1, -0.05) is 6.92 Å². The lowest BCUT2D eigenvalue weighted by Crippen LogP contribution is -2.42. The Bertz CT molecular complexity index is 579. The smallest absolute Gasteiger partial charge is 0.246 e. The first-order chi connectivity index (χ1) is 9.41. The predicted molar refractivity (Wildman–Crippen MR) is 79.4 cm³/mol. The van der Waals surface area contributed by atoms with Gasteiger partial charge in [-0.15, -0.1) is 0 Å². The molecule has 2 heterocycles. The van der Waals surface area contributed by atoms with E-state index in [2.05, 4.69) is 6.92 Å². The first-order valence-corrected chi connectivity index (χ1v) is 9.22. The number of aryl methyl sites for hydroxylation is 2. The van der Waals surface area contributed by atoms with E-state index in [-0.39, 0.29) is 11.5 Å². The highest BCUT2D eigenvalue weighted by Crippen LogP contribution is 2.32. The van der Waals surface area contributed by atoms with Crippen molar-refractivity contribution in [3.63, 3.8) is 0 Å². The number of thioether (sulfide) groups is 1. The van der Waals surface area contributed by atoms with Crippen LogP contribution in [0.1, 0.15) is 30.4 Å². The van der Waals surface area contributed by atoms with Crippen molar-refractivity contribution >= 4 is 21.8 Å². The van der Waals surface area contributed by atoms with Gasteiger partial charge >= 0.3 is 0 Å². The molecule has 1 N–H and O–H groups in total. The molecule has 0 amide bonds. The average Bonchev–Trinajstić information content (AvgIpc) is 2.73. The quantitative estimate of drug-likeness (QED) is 0.918. The number of aliphatic hydroxyl groups is 1. The van der Waals surface area contributed by atoms with Crippen LogP contribution in [0.4, 0.5) is 0 Å². The molecule has 20 heavy (non-hydrogen) atoms. The van der Waals surface area contributed by atoms with Crippen LogP contribution in [0.2, 0.25) is 0 Å². The van der Waals surface area contributed by atoms with E-state index in [0.29, 0.717) is 35.4 Å². The Morgan fingerprint density at radius 2 is 2.10 bits per heavy atom. The summed E-state index contributed by atoms with van der Waals surface area (Å²) in [6, 6.07) is 0. The fraction of sp³-hybridized carbons (Fsp3) is 0.692. The van der Waals surface area contributed by atoms with Crippen molar-refractivity contribution in [3.05, 3.63) is 17.1 Å². The Balaban J connectivity index is 2.40. The summed E-state index contributed by atoms with van der Waals surface area (Å²) in [6.45, 7) is 6.10. The number of rotatable bonds is 4. The molecular weight excluding hydrogens is 298 g/mol. The van der Waals surface area contributed by atoms with Gasteiger partial charge in [-0.3, -0.25) is 0 Å². The van der Waals surface area contributed by atoms with Crippen LogP contribution in [-0.2, 0) is 16.6 Å². The molecular formula is C13H21NO4S2. The highest BCUT2D eigenvalue weighted by molar-refractivity contribution is 8.00. The number of hydrogen-bond acceptors (Lipinski definition) is 5. The molecule has 0 aromatic carbocycles. The number of nitrogens with zero attached hydrogens (tertiary/aromatic N) is 1. The van der Waals surface area contributed by atoms with Gasteiger partial charge in [0.05, 0.1) is 6.61 Å². The zero-order chi connectivity index (χ0) is 14.9. The monoisotopic (exact) mass is 319 g/mol. The number of furan rings is 1. The molecule has 1 fully saturated rings. The summed E-state index contributed by atoms with van der Waals surface area (Å²) in [7, 11) is -3.59.